The number of nitrogens with zero attached hydrogens (tertiary/aromatic N) is 1. The van der Waals surface area contributed by atoms with Gasteiger partial charge >= 0.3 is 0 Å². The van der Waals surface area contributed by atoms with Crippen LogP contribution >= 0.6 is 0 Å². The third-order valence-electron chi connectivity index (χ3n) is 6.99. The van der Waals surface area contributed by atoms with Gasteiger partial charge in [-0.2, -0.15) is 0 Å². The molecular formula is C28H39N5O4. The summed E-state index contributed by atoms with van der Waals surface area (Å²) in [4.78, 5) is 52.6. The summed E-state index contributed by atoms with van der Waals surface area (Å²) in [5.41, 5.74) is 6.21. The average molecular weight is 510 g/mol. The largest absolute Gasteiger partial charge is 0.353 e. The van der Waals surface area contributed by atoms with E-state index in [4.69, 9.17) is 5.73 Å². The maximum atomic E-state index is 13.4. The van der Waals surface area contributed by atoms with Crippen molar-refractivity contribution in [2.24, 2.45) is 11.7 Å². The van der Waals surface area contributed by atoms with Gasteiger partial charge < -0.3 is 26.6 Å². The van der Waals surface area contributed by atoms with Crippen LogP contribution in [-0.4, -0.2) is 66.8 Å². The molecule has 1 aliphatic heterocycles. The highest BCUT2D eigenvalue weighted by Crippen LogP contribution is 2.23. The molecule has 1 fully saturated rings. The topological polar surface area (TPSA) is 134 Å². The number of fused-ring (bicyclic) bond motifs is 1. The van der Waals surface area contributed by atoms with Gasteiger partial charge in [-0.1, -0.05) is 56.3 Å². The highest BCUT2D eigenvalue weighted by atomic mass is 16.2. The summed E-state index contributed by atoms with van der Waals surface area (Å²) in [6.07, 6.45) is 3.09. The van der Waals surface area contributed by atoms with Crippen LogP contribution in [0.2, 0.25) is 0 Å². The van der Waals surface area contributed by atoms with E-state index in [9.17, 15) is 19.2 Å². The molecule has 2 atom stereocenters. The molecule has 9 nitrogen and oxygen atoms in total. The predicted octanol–water partition coefficient (Wildman–Crippen LogP) is 1.49. The van der Waals surface area contributed by atoms with Gasteiger partial charge in [0.15, 0.2) is 0 Å². The minimum atomic E-state index is -0.829. The van der Waals surface area contributed by atoms with Crippen molar-refractivity contribution in [1.82, 2.24) is 20.9 Å². The van der Waals surface area contributed by atoms with E-state index in [1.54, 1.807) is 4.90 Å². The second-order valence-electron chi connectivity index (χ2n) is 9.49. The second-order valence-corrected chi connectivity index (χ2v) is 9.49. The van der Waals surface area contributed by atoms with E-state index in [2.05, 4.69) is 16.0 Å². The molecule has 1 heterocycles. The standard InChI is InChI=1S/C28H39N5O4/c1-3-20(4-2)28(37)33-15-7-10-24(33)27(36)32-23(26(35)31-14-13-30-25(34)18-29)17-19-11-12-21-8-5-6-9-22(21)16-19/h5-6,8-9,11-12,16,20,23-24H,3-4,7,10,13-15,17-18,29H2,1-2H3,(H,30,34)(H,31,35)(H,32,36). The number of likely N-dealkylation sites (tertiary alicyclic amines) is 1. The molecule has 2 aromatic carbocycles. The molecule has 4 amide bonds. The van der Waals surface area contributed by atoms with Crippen molar-refractivity contribution in [3.63, 3.8) is 0 Å². The summed E-state index contributed by atoms with van der Waals surface area (Å²) >= 11 is 0. The third-order valence-corrected chi connectivity index (χ3v) is 6.99. The number of nitrogens with one attached hydrogen (secondary N) is 3. The molecule has 37 heavy (non-hydrogen) atoms. The summed E-state index contributed by atoms with van der Waals surface area (Å²) in [5.74, 6) is -1.06. The zero-order valence-electron chi connectivity index (χ0n) is 21.8. The van der Waals surface area contributed by atoms with Crippen LogP contribution in [0, 0.1) is 5.92 Å². The molecule has 0 radical (unpaired) electrons. The molecular weight excluding hydrogens is 470 g/mol. The number of benzene rings is 2. The van der Waals surface area contributed by atoms with Crippen LogP contribution in [0.4, 0.5) is 0 Å². The van der Waals surface area contributed by atoms with Gasteiger partial charge in [-0.3, -0.25) is 19.2 Å². The maximum absolute atomic E-state index is 13.4. The Morgan fingerprint density at radius 3 is 2.41 bits per heavy atom. The van der Waals surface area contributed by atoms with E-state index >= 15 is 0 Å². The molecule has 200 valence electrons. The Balaban J connectivity index is 1.74. The van der Waals surface area contributed by atoms with Crippen LogP contribution in [0.3, 0.4) is 0 Å². The van der Waals surface area contributed by atoms with Crippen LogP contribution in [0.15, 0.2) is 42.5 Å². The van der Waals surface area contributed by atoms with Crippen LogP contribution in [0.5, 0.6) is 0 Å². The van der Waals surface area contributed by atoms with Crippen molar-refractivity contribution in [2.45, 2.75) is 58.0 Å². The minimum absolute atomic E-state index is 0.00817. The summed E-state index contributed by atoms with van der Waals surface area (Å²) in [6, 6.07) is 12.5. The van der Waals surface area contributed by atoms with E-state index in [-0.39, 0.29) is 49.2 Å². The summed E-state index contributed by atoms with van der Waals surface area (Å²) in [5, 5.41) is 10.5. The lowest BCUT2D eigenvalue weighted by Crippen LogP contribution is -2.55. The lowest BCUT2D eigenvalue weighted by Gasteiger charge is -2.29. The van der Waals surface area contributed by atoms with Crippen molar-refractivity contribution in [3.05, 3.63) is 48.0 Å². The maximum Gasteiger partial charge on any atom is 0.243 e. The Hall–Kier alpha value is -3.46. The van der Waals surface area contributed by atoms with E-state index in [1.807, 2.05) is 56.3 Å². The van der Waals surface area contributed by atoms with Gasteiger partial charge in [0.1, 0.15) is 12.1 Å². The molecule has 9 heteroatoms. The summed E-state index contributed by atoms with van der Waals surface area (Å²) in [7, 11) is 0. The lowest BCUT2D eigenvalue weighted by atomic mass is 10.00. The molecule has 1 saturated heterocycles. The van der Waals surface area contributed by atoms with Gasteiger partial charge in [0.25, 0.3) is 0 Å². The van der Waals surface area contributed by atoms with Crippen molar-refractivity contribution in [2.75, 3.05) is 26.2 Å². The molecule has 0 aromatic heterocycles. The summed E-state index contributed by atoms with van der Waals surface area (Å²) < 4.78 is 0. The Kier molecular flexibility index (Phi) is 10.4. The van der Waals surface area contributed by atoms with Crippen molar-refractivity contribution < 1.29 is 19.2 Å². The van der Waals surface area contributed by atoms with Gasteiger partial charge in [-0.25, -0.2) is 0 Å². The second kappa shape index (κ2) is 13.7. The molecule has 0 aliphatic carbocycles. The lowest BCUT2D eigenvalue weighted by molar-refractivity contribution is -0.142. The molecule has 0 bridgehead atoms. The number of carbonyl (C=O) groups excluding carboxylic acids is 4. The fourth-order valence-electron chi connectivity index (χ4n) is 4.84. The highest BCUT2D eigenvalue weighted by Gasteiger charge is 2.37. The Morgan fingerprint density at radius 2 is 1.70 bits per heavy atom. The number of amides is 4. The van der Waals surface area contributed by atoms with E-state index in [0.29, 0.717) is 19.4 Å². The molecule has 0 spiro atoms. The van der Waals surface area contributed by atoms with E-state index < -0.39 is 12.1 Å². The first-order valence-corrected chi connectivity index (χ1v) is 13.2. The number of nitrogens with two attached hydrogens (primary N) is 1. The first kappa shape index (κ1) is 28.1. The molecule has 5 N–H and O–H groups in total. The van der Waals surface area contributed by atoms with Crippen molar-refractivity contribution >= 4 is 34.4 Å². The number of carbonyl (C=O) groups is 4. The minimum Gasteiger partial charge on any atom is -0.353 e. The average Bonchev–Trinajstić information content (AvgIpc) is 3.41. The fourth-order valence-corrected chi connectivity index (χ4v) is 4.84. The van der Waals surface area contributed by atoms with Crippen LogP contribution in [0.25, 0.3) is 10.8 Å². The molecule has 3 rings (SSSR count). The predicted molar refractivity (Wildman–Crippen MR) is 143 cm³/mol. The van der Waals surface area contributed by atoms with Crippen LogP contribution in [-0.2, 0) is 25.6 Å². The zero-order chi connectivity index (χ0) is 26.8. The Labute approximate surface area is 218 Å². The molecule has 0 saturated carbocycles. The quantitative estimate of drug-likeness (QED) is 0.322. The zero-order valence-corrected chi connectivity index (χ0v) is 21.8. The van der Waals surface area contributed by atoms with Gasteiger partial charge in [0, 0.05) is 32.0 Å². The molecule has 2 aromatic rings. The van der Waals surface area contributed by atoms with Crippen LogP contribution in [0.1, 0.15) is 45.1 Å². The van der Waals surface area contributed by atoms with Crippen molar-refractivity contribution in [3.8, 4) is 0 Å². The Morgan fingerprint density at radius 1 is 1.00 bits per heavy atom. The molecule has 2 unspecified atom stereocenters. The van der Waals surface area contributed by atoms with E-state index in [1.165, 1.54) is 0 Å². The monoisotopic (exact) mass is 509 g/mol. The molecule has 1 aliphatic rings. The van der Waals surface area contributed by atoms with Crippen LogP contribution < -0.4 is 21.7 Å². The van der Waals surface area contributed by atoms with E-state index in [0.717, 1.165) is 35.6 Å². The number of rotatable bonds is 12. The normalized spacial score (nSPS) is 16.0. The smallest absolute Gasteiger partial charge is 0.243 e. The highest BCUT2D eigenvalue weighted by molar-refractivity contribution is 5.93. The summed E-state index contributed by atoms with van der Waals surface area (Å²) in [6.45, 7) is 4.84. The van der Waals surface area contributed by atoms with Gasteiger partial charge in [-0.15, -0.1) is 0 Å². The van der Waals surface area contributed by atoms with Gasteiger partial charge in [0.2, 0.25) is 23.6 Å². The number of hydrogen-bond donors (Lipinski definition) is 4. The first-order chi connectivity index (χ1) is 17.9. The van der Waals surface area contributed by atoms with Crippen molar-refractivity contribution in [1.29, 1.82) is 0 Å². The first-order valence-electron chi connectivity index (χ1n) is 13.2. The Bertz CT molecular complexity index is 1100. The fraction of sp³-hybridized carbons (Fsp3) is 0.500. The third kappa shape index (κ3) is 7.52. The van der Waals surface area contributed by atoms with Gasteiger partial charge in [0.05, 0.1) is 6.54 Å². The SMILES string of the molecule is CCC(CC)C(=O)N1CCCC1C(=O)NC(Cc1ccc2ccccc2c1)C(=O)NCCNC(=O)CN. The number of hydrogen-bond acceptors (Lipinski definition) is 5. The van der Waals surface area contributed by atoms with Gasteiger partial charge in [-0.05, 0) is 42.0 Å².